The summed E-state index contributed by atoms with van der Waals surface area (Å²) in [5.74, 6) is 8.85. The van der Waals surface area contributed by atoms with Crippen molar-refractivity contribution in [2.45, 2.75) is 418 Å². The van der Waals surface area contributed by atoms with Crippen LogP contribution in [0.2, 0.25) is 0 Å². The summed E-state index contributed by atoms with van der Waals surface area (Å²) in [6, 6.07) is 20.4. The Morgan fingerprint density at radius 2 is 0.439 bits per heavy atom. The average Bonchev–Trinajstić information content (AvgIpc) is 0.830. The molecule has 0 bridgehead atoms. The van der Waals surface area contributed by atoms with E-state index in [1.165, 1.54) is 388 Å². The average molecular weight is 1460 g/mol. The number of hydrogen-bond donors (Lipinski definition) is 2. The van der Waals surface area contributed by atoms with E-state index in [2.05, 4.69) is 177 Å². The van der Waals surface area contributed by atoms with E-state index in [9.17, 15) is 0 Å². The maximum Gasteiger partial charge on any atom is 0.232 e. The molecule has 558 valence electrons. The summed E-state index contributed by atoms with van der Waals surface area (Å²) in [5, 5.41) is 7.79. The summed E-state index contributed by atoms with van der Waals surface area (Å²) in [6.45, 7) is 14.0. The minimum absolute atomic E-state index is 0.592. The van der Waals surface area contributed by atoms with E-state index in [4.69, 9.17) is 15.0 Å². The fourth-order valence-corrected chi connectivity index (χ4v) is 20.6. The van der Waals surface area contributed by atoms with Crippen molar-refractivity contribution in [2.75, 3.05) is 45.2 Å². The van der Waals surface area contributed by atoms with Gasteiger partial charge in [-0.1, -0.05) is 380 Å². The second-order valence-corrected chi connectivity index (χ2v) is 35.3. The molecule has 0 fully saturated rings. The second-order valence-electron chi connectivity index (χ2n) is 28.6. The van der Waals surface area contributed by atoms with Gasteiger partial charge < -0.3 is 10.6 Å². The van der Waals surface area contributed by atoms with Crippen molar-refractivity contribution in [1.82, 2.24) is 15.0 Å². The molecule has 4 aromatic rings. The highest BCUT2D eigenvalue weighted by molar-refractivity contribution is 8.04. The molecule has 0 aliphatic rings. The van der Waals surface area contributed by atoms with Crippen LogP contribution in [-0.4, -0.2) is 49.5 Å². The van der Waals surface area contributed by atoms with Gasteiger partial charge in [0.1, 0.15) is 0 Å². The maximum absolute atomic E-state index is 5.35. The topological polar surface area (TPSA) is 62.7 Å². The van der Waals surface area contributed by atoms with Gasteiger partial charge in [-0.15, -0.1) is 70.6 Å². The largest absolute Gasteiger partial charge is 0.324 e. The second kappa shape index (κ2) is 64.9. The lowest BCUT2D eigenvalue weighted by atomic mass is 10.1. The number of anilines is 4. The Morgan fingerprint density at radius 3 is 0.663 bits per heavy atom. The minimum Gasteiger partial charge on any atom is -0.324 e. The summed E-state index contributed by atoms with van der Waals surface area (Å²) in [5.41, 5.74) is 3.16. The summed E-state index contributed by atoms with van der Waals surface area (Å²) in [4.78, 5) is 24.6. The Labute approximate surface area is 632 Å². The Kier molecular flexibility index (Phi) is 58.8. The Balaban J connectivity index is 1.72. The van der Waals surface area contributed by atoms with Crippen molar-refractivity contribution < 1.29 is 0 Å². The standard InChI is InChI=1S/C87H149N5S6/c1-7-13-19-25-31-37-43-49-58-66-93-79-72-77(73-80(94-67-59-50-44-38-32-26-20-14-8-2)83(79)97-70-62-53-47-41-35-29-23-17-11-5)88-86-90-85(76-64-56-55-57-65-76)91-87(92-86)89-78-74-81(95-68-60-51-45-39-33-27-21-15-9-3)84(98-71-63-54-48-42-36-30-24-18-12-6)82(75-78)96-69-61-52-46-40-34-28-22-16-10-4/h55-57,64-65,72-75H,7-54,58-63,66-71H2,1-6H3,(H2,88,89,90,91,92). The molecular weight excluding hydrogens is 1310 g/mol. The quantitative estimate of drug-likeness (QED) is 0.0328. The summed E-state index contributed by atoms with van der Waals surface area (Å²) in [7, 11) is 0. The van der Waals surface area contributed by atoms with E-state index in [0.717, 1.165) is 39.9 Å². The van der Waals surface area contributed by atoms with Crippen LogP contribution in [0.15, 0.2) is 84.0 Å². The number of benzene rings is 3. The lowest BCUT2D eigenvalue weighted by Crippen LogP contribution is -2.06. The van der Waals surface area contributed by atoms with E-state index < -0.39 is 0 Å². The first-order valence-corrected chi connectivity index (χ1v) is 47.9. The van der Waals surface area contributed by atoms with E-state index in [0.29, 0.717) is 17.7 Å². The van der Waals surface area contributed by atoms with Crippen LogP contribution in [0, 0.1) is 0 Å². The van der Waals surface area contributed by atoms with Crippen LogP contribution in [0.3, 0.4) is 0 Å². The molecule has 0 atom stereocenters. The Hall–Kier alpha value is -1.63. The number of rotatable bonds is 71. The molecule has 1 heterocycles. The van der Waals surface area contributed by atoms with E-state index >= 15 is 0 Å². The Bertz CT molecular complexity index is 2210. The molecule has 3 aromatic carbocycles. The van der Waals surface area contributed by atoms with E-state index in [-0.39, 0.29) is 0 Å². The van der Waals surface area contributed by atoms with Crippen LogP contribution in [0.25, 0.3) is 11.4 Å². The molecule has 2 N–H and O–H groups in total. The fraction of sp³-hybridized carbons (Fsp3) is 0.759. The molecule has 4 rings (SSSR count). The van der Waals surface area contributed by atoms with Gasteiger partial charge in [-0.3, -0.25) is 0 Å². The van der Waals surface area contributed by atoms with Crippen LogP contribution in [-0.2, 0) is 0 Å². The van der Waals surface area contributed by atoms with Crippen LogP contribution >= 0.6 is 70.6 Å². The maximum atomic E-state index is 5.35. The predicted octanol–water partition coefficient (Wildman–Crippen LogP) is 32.8. The van der Waals surface area contributed by atoms with Gasteiger partial charge in [0.2, 0.25) is 11.9 Å². The van der Waals surface area contributed by atoms with Crippen molar-refractivity contribution in [2.24, 2.45) is 0 Å². The van der Waals surface area contributed by atoms with Crippen LogP contribution in [0.5, 0.6) is 0 Å². The van der Waals surface area contributed by atoms with Crippen molar-refractivity contribution in [1.29, 1.82) is 0 Å². The minimum atomic E-state index is 0.592. The third-order valence-electron chi connectivity index (χ3n) is 19.2. The molecular formula is C87H149N5S6. The van der Waals surface area contributed by atoms with Gasteiger partial charge in [-0.25, -0.2) is 0 Å². The van der Waals surface area contributed by atoms with Crippen molar-refractivity contribution in [3.8, 4) is 11.4 Å². The summed E-state index contributed by atoms with van der Waals surface area (Å²) < 4.78 is 0. The Morgan fingerprint density at radius 1 is 0.235 bits per heavy atom. The molecule has 0 unspecified atom stereocenters. The zero-order chi connectivity index (χ0) is 69.5. The molecule has 0 amide bonds. The monoisotopic (exact) mass is 1460 g/mol. The molecule has 5 nitrogen and oxygen atoms in total. The zero-order valence-corrected chi connectivity index (χ0v) is 69.3. The molecule has 0 spiro atoms. The highest BCUT2D eigenvalue weighted by Gasteiger charge is 2.19. The molecule has 98 heavy (non-hydrogen) atoms. The summed E-state index contributed by atoms with van der Waals surface area (Å²) >= 11 is 12.7. The third-order valence-corrected chi connectivity index (χ3v) is 26.7. The summed E-state index contributed by atoms with van der Waals surface area (Å²) in [6.07, 6.45) is 73.5. The van der Waals surface area contributed by atoms with Crippen molar-refractivity contribution in [3.05, 3.63) is 54.6 Å². The fourth-order valence-electron chi connectivity index (χ4n) is 13.0. The predicted molar refractivity (Wildman–Crippen MR) is 452 cm³/mol. The number of nitrogens with zero attached hydrogens (tertiary/aromatic N) is 3. The smallest absolute Gasteiger partial charge is 0.232 e. The van der Waals surface area contributed by atoms with E-state index in [1.807, 2.05) is 0 Å². The number of unbranched alkanes of at least 4 members (excludes halogenated alkanes) is 48. The van der Waals surface area contributed by atoms with Crippen LogP contribution in [0.4, 0.5) is 23.3 Å². The highest BCUT2D eigenvalue weighted by Crippen LogP contribution is 2.45. The molecule has 1 aromatic heterocycles. The van der Waals surface area contributed by atoms with Crippen molar-refractivity contribution in [3.63, 3.8) is 0 Å². The first-order chi connectivity index (χ1) is 48.5. The molecule has 0 aliphatic heterocycles. The van der Waals surface area contributed by atoms with Gasteiger partial charge in [-0.2, -0.15) is 15.0 Å². The van der Waals surface area contributed by atoms with Gasteiger partial charge >= 0.3 is 0 Å². The molecule has 11 heteroatoms. The number of hydrogen-bond acceptors (Lipinski definition) is 11. The SMILES string of the molecule is CCCCCCCCCCCSc1cc(Nc2nc(Nc3cc(SCCCCCCCCCCC)c(SCCCCCCCCCCC)c(SCCCCCCCCCCC)c3)nc(-c3ccccc3)n2)cc(SCCCCCCCCCCC)c1SCCCCCCCCCCC. The van der Waals surface area contributed by atoms with Crippen LogP contribution in [0.1, 0.15) is 388 Å². The van der Waals surface area contributed by atoms with Gasteiger partial charge in [0.15, 0.2) is 5.82 Å². The van der Waals surface area contributed by atoms with E-state index in [1.54, 1.807) is 0 Å². The number of nitrogens with one attached hydrogen (secondary N) is 2. The molecule has 0 saturated carbocycles. The highest BCUT2D eigenvalue weighted by atomic mass is 32.2. The normalized spacial score (nSPS) is 11.6. The number of thioether (sulfide) groups is 6. The van der Waals surface area contributed by atoms with Gasteiger partial charge in [-0.05, 0) is 97.3 Å². The van der Waals surface area contributed by atoms with Gasteiger partial charge in [0.05, 0.1) is 0 Å². The first kappa shape index (κ1) is 88.8. The third kappa shape index (κ3) is 45.6. The molecule has 0 radical (unpaired) electrons. The first-order valence-electron chi connectivity index (χ1n) is 42.0. The van der Waals surface area contributed by atoms with Crippen molar-refractivity contribution >= 4 is 93.8 Å². The molecule has 0 saturated heterocycles. The number of aromatic nitrogens is 3. The zero-order valence-electron chi connectivity index (χ0n) is 64.4. The van der Waals surface area contributed by atoms with Gasteiger partial charge in [0.25, 0.3) is 0 Å². The lowest BCUT2D eigenvalue weighted by molar-refractivity contribution is 0.573. The lowest BCUT2D eigenvalue weighted by Gasteiger charge is -2.19. The van der Waals surface area contributed by atoms with Gasteiger partial charge in [0, 0.05) is 46.3 Å². The molecule has 0 aliphatic carbocycles. The van der Waals surface area contributed by atoms with Crippen LogP contribution < -0.4 is 10.6 Å².